The molecule has 0 saturated carbocycles. The summed E-state index contributed by atoms with van der Waals surface area (Å²) in [6.45, 7) is 2.67. The molecule has 0 bridgehead atoms. The van der Waals surface area contributed by atoms with E-state index >= 15 is 0 Å². The number of aliphatic hydroxyl groups is 2. The van der Waals surface area contributed by atoms with Crippen molar-refractivity contribution in [3.05, 3.63) is 58.1 Å². The van der Waals surface area contributed by atoms with E-state index in [0.717, 1.165) is 28.2 Å². The maximum atomic E-state index is 10.2. The van der Waals surface area contributed by atoms with E-state index < -0.39 is 6.10 Å². The molecule has 3 atom stereocenters. The van der Waals surface area contributed by atoms with Crippen molar-refractivity contribution in [2.75, 3.05) is 20.3 Å². The largest absolute Gasteiger partial charge is 0.496 e. The Labute approximate surface area is 175 Å². The maximum absolute atomic E-state index is 10.2. The van der Waals surface area contributed by atoms with E-state index in [9.17, 15) is 10.2 Å². The highest BCUT2D eigenvalue weighted by molar-refractivity contribution is 8.00. The molecular weight excluding hydrogens is 396 g/mol. The van der Waals surface area contributed by atoms with Crippen molar-refractivity contribution in [1.82, 2.24) is 0 Å². The highest BCUT2D eigenvalue weighted by Gasteiger charge is 2.31. The molecule has 0 radical (unpaired) electrons. The molecule has 0 aromatic heterocycles. The summed E-state index contributed by atoms with van der Waals surface area (Å²) in [5, 5.41) is 20.5. The van der Waals surface area contributed by atoms with Gasteiger partial charge in [0.2, 0.25) is 0 Å². The number of ether oxygens (including phenoxy) is 2. The molecule has 3 rings (SSSR count). The summed E-state index contributed by atoms with van der Waals surface area (Å²) in [4.78, 5) is 0. The molecule has 0 spiro atoms. The van der Waals surface area contributed by atoms with Crippen LogP contribution in [0.1, 0.15) is 41.7 Å². The molecule has 1 aliphatic rings. The molecule has 3 unspecified atom stereocenters. The molecule has 1 aliphatic heterocycles. The zero-order chi connectivity index (χ0) is 20.1. The maximum Gasteiger partial charge on any atom is 0.124 e. The van der Waals surface area contributed by atoms with Gasteiger partial charge in [-0.25, -0.2) is 0 Å². The van der Waals surface area contributed by atoms with Gasteiger partial charge in [-0.05, 0) is 61.6 Å². The van der Waals surface area contributed by atoms with E-state index in [0.29, 0.717) is 30.9 Å². The van der Waals surface area contributed by atoms with Gasteiger partial charge in [-0.2, -0.15) is 0 Å². The molecule has 1 saturated heterocycles. The molecular formula is C22H27ClO4S. The number of thioether (sulfide) groups is 1. The van der Waals surface area contributed by atoms with Crippen molar-refractivity contribution in [2.45, 2.75) is 42.8 Å². The zero-order valence-corrected chi connectivity index (χ0v) is 17.8. The number of aliphatic hydroxyl groups excluding tert-OH is 2. The van der Waals surface area contributed by atoms with Crippen LogP contribution in [0.3, 0.4) is 0 Å². The van der Waals surface area contributed by atoms with Gasteiger partial charge < -0.3 is 19.7 Å². The van der Waals surface area contributed by atoms with Gasteiger partial charge in [0.15, 0.2) is 0 Å². The molecule has 6 heteroatoms. The van der Waals surface area contributed by atoms with Gasteiger partial charge in [-0.3, -0.25) is 0 Å². The SMILES string of the molecule is CCOc1ccc(Cc2cc(C3CC(O)CC(CO)S3)c(OC)cc2Cl)cc1. The van der Waals surface area contributed by atoms with Crippen molar-refractivity contribution < 1.29 is 19.7 Å². The van der Waals surface area contributed by atoms with E-state index in [1.54, 1.807) is 18.9 Å². The second-order valence-electron chi connectivity index (χ2n) is 6.99. The fourth-order valence-corrected chi connectivity index (χ4v) is 5.35. The molecule has 1 fully saturated rings. The molecule has 2 aromatic carbocycles. The number of hydrogen-bond donors (Lipinski definition) is 2. The summed E-state index contributed by atoms with van der Waals surface area (Å²) in [7, 11) is 1.63. The first-order chi connectivity index (χ1) is 13.5. The Bertz CT molecular complexity index is 781. The van der Waals surface area contributed by atoms with E-state index in [1.807, 2.05) is 37.3 Å². The van der Waals surface area contributed by atoms with Crippen molar-refractivity contribution in [2.24, 2.45) is 0 Å². The minimum Gasteiger partial charge on any atom is -0.496 e. The minimum atomic E-state index is -0.418. The Hall–Kier alpha value is -1.40. The van der Waals surface area contributed by atoms with Crippen molar-refractivity contribution in [3.8, 4) is 11.5 Å². The van der Waals surface area contributed by atoms with E-state index in [4.69, 9.17) is 21.1 Å². The van der Waals surface area contributed by atoms with Crippen LogP contribution in [0.2, 0.25) is 5.02 Å². The van der Waals surface area contributed by atoms with Gasteiger partial charge in [0.1, 0.15) is 11.5 Å². The Morgan fingerprint density at radius 3 is 2.57 bits per heavy atom. The van der Waals surface area contributed by atoms with Crippen LogP contribution >= 0.6 is 23.4 Å². The summed E-state index contributed by atoms with van der Waals surface area (Å²) < 4.78 is 11.1. The second-order valence-corrected chi connectivity index (χ2v) is 8.91. The third-order valence-corrected chi connectivity index (χ3v) is 6.81. The third kappa shape index (κ3) is 5.15. The summed E-state index contributed by atoms with van der Waals surface area (Å²) in [5.74, 6) is 1.58. The summed E-state index contributed by atoms with van der Waals surface area (Å²) >= 11 is 8.23. The number of rotatable bonds is 7. The fraction of sp³-hybridized carbons (Fsp3) is 0.455. The normalized spacial score (nSPS) is 22.1. The zero-order valence-electron chi connectivity index (χ0n) is 16.2. The first-order valence-electron chi connectivity index (χ1n) is 9.56. The van der Waals surface area contributed by atoms with Crippen LogP contribution < -0.4 is 9.47 Å². The lowest BCUT2D eigenvalue weighted by molar-refractivity contribution is 0.136. The van der Waals surface area contributed by atoms with Crippen LogP contribution in [0.15, 0.2) is 36.4 Å². The monoisotopic (exact) mass is 422 g/mol. The van der Waals surface area contributed by atoms with Crippen molar-refractivity contribution >= 4 is 23.4 Å². The molecule has 1 heterocycles. The molecule has 4 nitrogen and oxygen atoms in total. The lowest BCUT2D eigenvalue weighted by Gasteiger charge is -2.32. The van der Waals surface area contributed by atoms with Crippen LogP contribution in [0, 0.1) is 0 Å². The van der Waals surface area contributed by atoms with Crippen LogP contribution in [-0.2, 0) is 6.42 Å². The molecule has 0 aliphatic carbocycles. The number of halogens is 1. The minimum absolute atomic E-state index is 0.0312. The highest BCUT2D eigenvalue weighted by Crippen LogP contribution is 2.46. The first-order valence-corrected chi connectivity index (χ1v) is 10.9. The van der Waals surface area contributed by atoms with E-state index in [2.05, 4.69) is 6.07 Å². The lowest BCUT2D eigenvalue weighted by atomic mass is 9.97. The highest BCUT2D eigenvalue weighted by atomic mass is 35.5. The van der Waals surface area contributed by atoms with Crippen LogP contribution in [-0.4, -0.2) is 41.9 Å². The molecule has 152 valence electrons. The fourth-order valence-electron chi connectivity index (χ4n) is 3.58. The van der Waals surface area contributed by atoms with Gasteiger partial charge >= 0.3 is 0 Å². The molecule has 0 amide bonds. The predicted molar refractivity (Wildman–Crippen MR) is 115 cm³/mol. The molecule has 2 aromatic rings. The van der Waals surface area contributed by atoms with Gasteiger partial charge in [-0.15, -0.1) is 11.8 Å². The smallest absolute Gasteiger partial charge is 0.124 e. The van der Waals surface area contributed by atoms with Gasteiger partial charge in [0.25, 0.3) is 0 Å². The Morgan fingerprint density at radius 1 is 1.18 bits per heavy atom. The van der Waals surface area contributed by atoms with E-state index in [-0.39, 0.29) is 17.1 Å². The topological polar surface area (TPSA) is 58.9 Å². The Morgan fingerprint density at radius 2 is 1.93 bits per heavy atom. The second kappa shape index (κ2) is 9.88. The first kappa shape index (κ1) is 21.3. The van der Waals surface area contributed by atoms with Gasteiger partial charge in [0.05, 0.1) is 26.4 Å². The van der Waals surface area contributed by atoms with Crippen molar-refractivity contribution in [3.63, 3.8) is 0 Å². The number of methoxy groups -OCH3 is 1. The van der Waals surface area contributed by atoms with Gasteiger partial charge in [0, 0.05) is 21.1 Å². The summed E-state index contributed by atoms with van der Waals surface area (Å²) in [6, 6.07) is 12.0. The Kier molecular flexibility index (Phi) is 7.52. The van der Waals surface area contributed by atoms with Crippen LogP contribution in [0.4, 0.5) is 0 Å². The van der Waals surface area contributed by atoms with Gasteiger partial charge in [-0.1, -0.05) is 23.7 Å². The average molecular weight is 423 g/mol. The van der Waals surface area contributed by atoms with Crippen LogP contribution in [0.5, 0.6) is 11.5 Å². The third-order valence-electron chi connectivity index (χ3n) is 4.96. The standard InChI is InChI=1S/C22H27ClO4S/c1-3-27-17-6-4-14(5-7-17)8-15-9-19(21(26-2)12-20(15)23)22-11-16(25)10-18(13-24)28-22/h4-7,9,12,16,18,22,24-25H,3,8,10-11,13H2,1-2H3. The quantitative estimate of drug-likeness (QED) is 0.681. The molecule has 28 heavy (non-hydrogen) atoms. The average Bonchev–Trinajstić information content (AvgIpc) is 2.70. The molecule has 2 N–H and O–H groups in total. The van der Waals surface area contributed by atoms with Crippen LogP contribution in [0.25, 0.3) is 0 Å². The lowest BCUT2D eigenvalue weighted by Crippen LogP contribution is -2.27. The number of benzene rings is 2. The summed E-state index contributed by atoms with van der Waals surface area (Å²) in [6.07, 6.45) is 1.54. The van der Waals surface area contributed by atoms with Crippen molar-refractivity contribution in [1.29, 1.82) is 0 Å². The predicted octanol–water partition coefficient (Wildman–Crippen LogP) is 4.63. The number of hydrogen-bond acceptors (Lipinski definition) is 5. The summed E-state index contributed by atoms with van der Waals surface area (Å²) in [5.41, 5.74) is 3.18. The Balaban J connectivity index is 1.87. The van der Waals surface area contributed by atoms with E-state index in [1.165, 1.54) is 0 Å².